The van der Waals surface area contributed by atoms with E-state index in [9.17, 15) is 9.59 Å². The van der Waals surface area contributed by atoms with E-state index in [0.717, 1.165) is 47.2 Å². The second kappa shape index (κ2) is 8.01. The van der Waals surface area contributed by atoms with E-state index in [4.69, 9.17) is 5.10 Å². The second-order valence-electron chi connectivity index (χ2n) is 8.78. The zero-order chi connectivity index (χ0) is 23.2. The smallest absolute Gasteiger partial charge is 0.254 e. The van der Waals surface area contributed by atoms with Gasteiger partial charge < -0.3 is 10.2 Å². The first kappa shape index (κ1) is 21.2. The Bertz CT molecular complexity index is 1290. The van der Waals surface area contributed by atoms with Gasteiger partial charge in [-0.3, -0.25) is 19.2 Å². The molecule has 2 aliphatic heterocycles. The van der Waals surface area contributed by atoms with Crippen molar-refractivity contribution < 1.29 is 9.59 Å². The molecule has 2 amide bonds. The van der Waals surface area contributed by atoms with E-state index in [1.165, 1.54) is 17.1 Å². The van der Waals surface area contributed by atoms with Crippen molar-refractivity contribution in [1.29, 1.82) is 0 Å². The number of hydrogen-bond donors (Lipinski definition) is 1. The highest BCUT2D eigenvalue weighted by atomic mass is 16.2. The highest BCUT2D eigenvalue weighted by molar-refractivity contribution is 6.14. The molecule has 7 nitrogen and oxygen atoms in total. The van der Waals surface area contributed by atoms with Crippen LogP contribution < -0.4 is 5.32 Å². The molecule has 2 aromatic carbocycles. The van der Waals surface area contributed by atoms with E-state index < -0.39 is 5.54 Å². The van der Waals surface area contributed by atoms with Gasteiger partial charge in [-0.15, -0.1) is 0 Å². The summed E-state index contributed by atoms with van der Waals surface area (Å²) in [6.07, 6.45) is 5.39. The molecular weight excluding hydrogens is 414 g/mol. The van der Waals surface area contributed by atoms with Crippen LogP contribution in [0.5, 0.6) is 0 Å². The fourth-order valence-electron chi connectivity index (χ4n) is 5.08. The monoisotopic (exact) mass is 441 g/mol. The molecule has 0 saturated heterocycles. The molecule has 0 radical (unpaired) electrons. The van der Waals surface area contributed by atoms with Crippen molar-refractivity contribution in [2.45, 2.75) is 18.5 Å². The summed E-state index contributed by atoms with van der Waals surface area (Å²) >= 11 is 0. The van der Waals surface area contributed by atoms with Gasteiger partial charge in [-0.05, 0) is 44.8 Å². The summed E-state index contributed by atoms with van der Waals surface area (Å²) in [4.78, 5) is 29.7. The summed E-state index contributed by atoms with van der Waals surface area (Å²) < 4.78 is 2.00. The van der Waals surface area contributed by atoms with Gasteiger partial charge in [0.05, 0.1) is 5.52 Å². The molecule has 2 aliphatic rings. The van der Waals surface area contributed by atoms with Gasteiger partial charge >= 0.3 is 0 Å². The number of carbonyl (C=O) groups is 2. The van der Waals surface area contributed by atoms with Crippen LogP contribution in [0.25, 0.3) is 17.0 Å². The summed E-state index contributed by atoms with van der Waals surface area (Å²) in [7, 11) is 4.11. The number of nitrogens with one attached hydrogen (secondary N) is 1. The number of nitrogens with zero attached hydrogens (tertiary/aromatic N) is 4. The molecule has 168 valence electrons. The summed E-state index contributed by atoms with van der Waals surface area (Å²) in [6, 6.07) is 13.9. The number of amides is 2. The molecule has 5 rings (SSSR count). The zero-order valence-corrected chi connectivity index (χ0v) is 18.9. The fourth-order valence-corrected chi connectivity index (χ4v) is 5.08. The number of aryl methyl sites for hydroxylation is 1. The lowest BCUT2D eigenvalue weighted by atomic mass is 9.82. The van der Waals surface area contributed by atoms with Crippen LogP contribution in [0.4, 0.5) is 5.69 Å². The molecule has 0 spiro atoms. The summed E-state index contributed by atoms with van der Waals surface area (Å²) in [5, 5.41) is 9.45. The van der Waals surface area contributed by atoms with Crippen molar-refractivity contribution >= 4 is 34.5 Å². The number of carbonyl (C=O) groups excluding carboxylic acids is 2. The molecule has 0 aliphatic carbocycles. The fraction of sp³-hybridized carbons (Fsp3) is 0.269. The van der Waals surface area contributed by atoms with Crippen LogP contribution in [-0.2, 0) is 21.7 Å². The van der Waals surface area contributed by atoms with Crippen LogP contribution in [0.15, 0.2) is 61.2 Å². The number of hydrogen-bond acceptors (Lipinski definition) is 5. The first-order valence-corrected chi connectivity index (χ1v) is 11.1. The minimum absolute atomic E-state index is 0.334. The van der Waals surface area contributed by atoms with Crippen LogP contribution in [0.2, 0.25) is 0 Å². The lowest BCUT2D eigenvalue weighted by Crippen LogP contribution is -2.52. The highest BCUT2D eigenvalue weighted by Gasteiger charge is 2.54. The first-order chi connectivity index (χ1) is 16.0. The van der Waals surface area contributed by atoms with Gasteiger partial charge in [-0.2, -0.15) is 5.10 Å². The second-order valence-corrected chi connectivity index (χ2v) is 8.78. The molecular formula is C26H27N5O2. The van der Waals surface area contributed by atoms with Crippen molar-refractivity contribution in [3.05, 3.63) is 78.0 Å². The number of benzene rings is 2. The third-order valence-electron chi connectivity index (χ3n) is 6.48. The van der Waals surface area contributed by atoms with Gasteiger partial charge in [-0.1, -0.05) is 43.0 Å². The summed E-state index contributed by atoms with van der Waals surface area (Å²) in [6.45, 7) is 6.02. The number of imide groups is 1. The van der Waals surface area contributed by atoms with Crippen LogP contribution in [0.3, 0.4) is 0 Å². The SMILES string of the molecule is C=Cc1cccc2c1C(c1nn(CCCN(C)C)c3ccccc13)(N1C(=O)C=CC1=O)CN2. The molecule has 7 heteroatoms. The Labute approximate surface area is 193 Å². The largest absolute Gasteiger partial charge is 0.382 e. The lowest BCUT2D eigenvalue weighted by molar-refractivity contribution is -0.142. The molecule has 0 bridgehead atoms. The average Bonchev–Trinajstić information content (AvgIpc) is 3.48. The quantitative estimate of drug-likeness (QED) is 0.570. The molecule has 1 aromatic heterocycles. The summed E-state index contributed by atoms with van der Waals surface area (Å²) in [5.41, 5.74) is 3.22. The predicted octanol–water partition coefficient (Wildman–Crippen LogP) is 3.23. The maximum Gasteiger partial charge on any atom is 0.254 e. The third kappa shape index (κ3) is 3.19. The maximum atomic E-state index is 13.1. The van der Waals surface area contributed by atoms with E-state index in [1.54, 1.807) is 6.08 Å². The van der Waals surface area contributed by atoms with E-state index in [0.29, 0.717) is 12.2 Å². The van der Waals surface area contributed by atoms with Crippen molar-refractivity contribution in [1.82, 2.24) is 19.6 Å². The predicted molar refractivity (Wildman–Crippen MR) is 130 cm³/mol. The molecule has 3 heterocycles. The van der Waals surface area contributed by atoms with Gasteiger partial charge in [0.15, 0.2) is 0 Å². The zero-order valence-electron chi connectivity index (χ0n) is 18.9. The number of anilines is 1. The Kier molecular flexibility index (Phi) is 5.13. The van der Waals surface area contributed by atoms with Crippen molar-refractivity contribution in [2.24, 2.45) is 0 Å². The Balaban J connectivity index is 1.77. The Morgan fingerprint density at radius 3 is 2.61 bits per heavy atom. The Morgan fingerprint density at radius 1 is 1.12 bits per heavy atom. The topological polar surface area (TPSA) is 70.5 Å². The van der Waals surface area contributed by atoms with Gasteiger partial charge in [0.2, 0.25) is 0 Å². The van der Waals surface area contributed by atoms with Gasteiger partial charge in [0, 0.05) is 41.9 Å². The van der Waals surface area contributed by atoms with Crippen molar-refractivity contribution in [3.63, 3.8) is 0 Å². The Hall–Kier alpha value is -3.71. The third-order valence-corrected chi connectivity index (χ3v) is 6.48. The number of para-hydroxylation sites is 1. The molecule has 0 saturated carbocycles. The van der Waals surface area contributed by atoms with Gasteiger partial charge in [-0.25, -0.2) is 0 Å². The van der Waals surface area contributed by atoms with Crippen molar-refractivity contribution in [2.75, 3.05) is 32.5 Å². The molecule has 3 aromatic rings. The summed E-state index contributed by atoms with van der Waals surface area (Å²) in [5.74, 6) is -0.667. The van der Waals surface area contributed by atoms with E-state index >= 15 is 0 Å². The van der Waals surface area contributed by atoms with Crippen molar-refractivity contribution in [3.8, 4) is 0 Å². The highest BCUT2D eigenvalue weighted by Crippen LogP contribution is 2.49. The van der Waals surface area contributed by atoms with E-state index in [2.05, 4.69) is 30.9 Å². The standard InChI is InChI=1S/C26H27N5O2/c1-4-18-9-7-11-20-24(18)26(17-27-20,31-22(32)13-14-23(31)33)25-19-10-5-6-12-21(19)30(28-25)16-8-15-29(2)3/h4-7,9-14,27H,1,8,15-17H2,2-3H3. The lowest BCUT2D eigenvalue weighted by Gasteiger charge is -2.37. The molecule has 1 unspecified atom stereocenters. The van der Waals surface area contributed by atoms with E-state index in [-0.39, 0.29) is 11.8 Å². The molecule has 0 fully saturated rings. The number of fused-ring (bicyclic) bond motifs is 2. The van der Waals surface area contributed by atoms with Crippen LogP contribution >= 0.6 is 0 Å². The van der Waals surface area contributed by atoms with E-state index in [1.807, 2.05) is 47.1 Å². The number of aromatic nitrogens is 2. The molecule has 33 heavy (non-hydrogen) atoms. The van der Waals surface area contributed by atoms with Crippen LogP contribution in [0, 0.1) is 0 Å². The maximum absolute atomic E-state index is 13.1. The first-order valence-electron chi connectivity index (χ1n) is 11.1. The van der Waals surface area contributed by atoms with Crippen LogP contribution in [0.1, 0.15) is 23.2 Å². The van der Waals surface area contributed by atoms with Crippen LogP contribution in [-0.4, -0.2) is 58.6 Å². The van der Waals surface area contributed by atoms with Gasteiger partial charge in [0.25, 0.3) is 11.8 Å². The normalized spacial score (nSPS) is 19.5. The molecule has 1 atom stereocenters. The molecule has 1 N–H and O–H groups in total. The minimum Gasteiger partial charge on any atom is -0.382 e. The number of rotatable bonds is 7. The Morgan fingerprint density at radius 2 is 1.88 bits per heavy atom. The average molecular weight is 442 g/mol. The van der Waals surface area contributed by atoms with Gasteiger partial charge in [0.1, 0.15) is 11.2 Å². The minimum atomic E-state index is -1.08.